The summed E-state index contributed by atoms with van der Waals surface area (Å²) < 4.78 is 0. The quantitative estimate of drug-likeness (QED) is 0.741. The Morgan fingerprint density at radius 3 is 2.48 bits per heavy atom. The molecule has 4 rings (SSSR count). The van der Waals surface area contributed by atoms with Crippen LogP contribution in [0.4, 0.5) is 21.0 Å². The Balaban J connectivity index is 1.41. The van der Waals surface area contributed by atoms with Crippen molar-refractivity contribution in [2.45, 2.75) is 25.8 Å². The van der Waals surface area contributed by atoms with Gasteiger partial charge in [0.1, 0.15) is 0 Å². The van der Waals surface area contributed by atoms with Gasteiger partial charge in [-0.1, -0.05) is 6.07 Å². The van der Waals surface area contributed by atoms with Crippen molar-refractivity contribution >= 4 is 23.5 Å². The summed E-state index contributed by atoms with van der Waals surface area (Å²) in [5.41, 5.74) is 4.80. The molecule has 1 aliphatic heterocycles. The number of carboxylic acid groups (broad SMARTS) is 1. The fraction of sp³-hybridized carbons (Fsp3) is 0.381. The van der Waals surface area contributed by atoms with Crippen molar-refractivity contribution in [3.05, 3.63) is 53.3 Å². The molecule has 8 heteroatoms. The lowest BCUT2D eigenvalue weighted by atomic mass is 10.0. The van der Waals surface area contributed by atoms with E-state index in [4.69, 9.17) is 5.11 Å². The maximum Gasteiger partial charge on any atom is 0.407 e. The van der Waals surface area contributed by atoms with Crippen LogP contribution in [0.5, 0.6) is 0 Å². The predicted octanol–water partition coefficient (Wildman–Crippen LogP) is 3.32. The van der Waals surface area contributed by atoms with Crippen LogP contribution in [0.25, 0.3) is 0 Å². The summed E-state index contributed by atoms with van der Waals surface area (Å²) >= 11 is 0. The molecular formula is C21H25N5O3. The molecule has 0 saturated carbocycles. The summed E-state index contributed by atoms with van der Waals surface area (Å²) in [5.74, 6) is 0. The van der Waals surface area contributed by atoms with Gasteiger partial charge in [0.05, 0.1) is 11.9 Å². The Bertz CT molecular complexity index is 907. The second kappa shape index (κ2) is 8.08. The average molecular weight is 395 g/mol. The summed E-state index contributed by atoms with van der Waals surface area (Å²) in [6.07, 6.45) is 2.80. The molecule has 2 heterocycles. The third-order valence-corrected chi connectivity index (χ3v) is 5.64. The first-order chi connectivity index (χ1) is 14.0. The molecule has 1 aromatic heterocycles. The van der Waals surface area contributed by atoms with Crippen LogP contribution in [0.3, 0.4) is 0 Å². The van der Waals surface area contributed by atoms with Gasteiger partial charge in [-0.15, -0.1) is 0 Å². The number of fused-ring (bicyclic) bond motifs is 1. The molecule has 1 saturated heterocycles. The molecule has 3 amide bonds. The second-order valence-corrected chi connectivity index (χ2v) is 7.54. The van der Waals surface area contributed by atoms with E-state index in [1.54, 1.807) is 6.20 Å². The van der Waals surface area contributed by atoms with Gasteiger partial charge >= 0.3 is 12.1 Å². The highest BCUT2D eigenvalue weighted by atomic mass is 16.4. The molecule has 29 heavy (non-hydrogen) atoms. The van der Waals surface area contributed by atoms with Crippen LogP contribution in [0.2, 0.25) is 0 Å². The number of nitrogens with zero attached hydrogens (tertiary/aromatic N) is 3. The number of hydrogen-bond donors (Lipinski definition) is 3. The summed E-state index contributed by atoms with van der Waals surface area (Å²) in [5, 5.41) is 14.8. The van der Waals surface area contributed by atoms with E-state index < -0.39 is 6.09 Å². The number of aryl methyl sites for hydroxylation is 2. The van der Waals surface area contributed by atoms with Crippen LogP contribution in [0.1, 0.15) is 29.3 Å². The number of amides is 3. The van der Waals surface area contributed by atoms with E-state index in [0.29, 0.717) is 18.8 Å². The molecule has 1 aromatic carbocycles. The molecule has 8 nitrogen and oxygen atoms in total. The Hall–Kier alpha value is -3.13. The van der Waals surface area contributed by atoms with Crippen LogP contribution >= 0.6 is 0 Å². The topological polar surface area (TPSA) is 97.8 Å². The second-order valence-electron chi connectivity index (χ2n) is 7.54. The number of nitrogens with one attached hydrogen (secondary N) is 2. The predicted molar refractivity (Wildman–Crippen MR) is 110 cm³/mol. The maximum absolute atomic E-state index is 12.3. The minimum Gasteiger partial charge on any atom is -0.465 e. The first kappa shape index (κ1) is 19.2. The van der Waals surface area contributed by atoms with E-state index in [1.165, 1.54) is 16.0 Å². The first-order valence-corrected chi connectivity index (χ1v) is 9.85. The number of carbonyl (C=O) groups excluding carboxylic acids is 1. The largest absolute Gasteiger partial charge is 0.465 e. The number of carbonyl (C=O) groups is 2. The summed E-state index contributed by atoms with van der Waals surface area (Å²) in [4.78, 5) is 31.5. The number of urea groups is 1. The number of piperazine rings is 1. The van der Waals surface area contributed by atoms with Gasteiger partial charge in [-0.25, -0.2) is 9.59 Å². The van der Waals surface area contributed by atoms with Crippen LogP contribution in [0, 0.1) is 6.92 Å². The van der Waals surface area contributed by atoms with Crippen LogP contribution < -0.4 is 10.6 Å². The zero-order valence-corrected chi connectivity index (χ0v) is 16.4. The number of aromatic nitrogens is 1. The normalized spacial score (nSPS) is 18.9. The van der Waals surface area contributed by atoms with Gasteiger partial charge in [0.15, 0.2) is 0 Å². The van der Waals surface area contributed by atoms with E-state index in [1.807, 2.05) is 31.2 Å². The van der Waals surface area contributed by atoms with E-state index in [2.05, 4.69) is 26.6 Å². The highest BCUT2D eigenvalue weighted by Crippen LogP contribution is 2.37. The number of rotatable bonds is 3. The highest BCUT2D eigenvalue weighted by Gasteiger charge is 2.31. The van der Waals surface area contributed by atoms with E-state index in [9.17, 15) is 9.59 Å². The van der Waals surface area contributed by atoms with Gasteiger partial charge in [0.2, 0.25) is 0 Å². The van der Waals surface area contributed by atoms with E-state index in [0.717, 1.165) is 37.3 Å². The van der Waals surface area contributed by atoms with Crippen LogP contribution in [-0.2, 0) is 6.42 Å². The minimum atomic E-state index is -0.849. The zero-order valence-electron chi connectivity index (χ0n) is 16.4. The SMILES string of the molecule is Cc1ccc(NC(=O)Nc2ccc3c(c2)C(N2CCN(C(=O)O)CC2)CC3)cn1. The fourth-order valence-corrected chi connectivity index (χ4v) is 4.10. The molecule has 2 aromatic rings. The summed E-state index contributed by atoms with van der Waals surface area (Å²) in [7, 11) is 0. The van der Waals surface area contributed by atoms with Gasteiger partial charge in [0, 0.05) is 43.6 Å². The van der Waals surface area contributed by atoms with Crippen molar-refractivity contribution in [2.75, 3.05) is 36.8 Å². The molecule has 1 atom stereocenters. The molecule has 3 N–H and O–H groups in total. The van der Waals surface area contributed by atoms with Crippen molar-refractivity contribution in [1.82, 2.24) is 14.8 Å². The average Bonchev–Trinajstić information content (AvgIpc) is 3.13. The Labute approximate surface area is 169 Å². The van der Waals surface area contributed by atoms with Crippen molar-refractivity contribution in [2.24, 2.45) is 0 Å². The summed E-state index contributed by atoms with van der Waals surface area (Å²) in [6, 6.07) is 9.68. The minimum absolute atomic E-state index is 0.270. The summed E-state index contributed by atoms with van der Waals surface area (Å²) in [6.45, 7) is 4.43. The lowest BCUT2D eigenvalue weighted by molar-refractivity contribution is 0.0850. The number of anilines is 2. The van der Waals surface area contributed by atoms with Gasteiger partial charge in [0.25, 0.3) is 0 Å². The number of pyridine rings is 1. The number of hydrogen-bond acceptors (Lipinski definition) is 4. The van der Waals surface area contributed by atoms with Crippen molar-refractivity contribution < 1.29 is 14.7 Å². The molecule has 1 fully saturated rings. The Morgan fingerprint density at radius 2 is 1.79 bits per heavy atom. The van der Waals surface area contributed by atoms with Crippen LogP contribution in [0.15, 0.2) is 36.5 Å². The monoisotopic (exact) mass is 395 g/mol. The first-order valence-electron chi connectivity index (χ1n) is 9.85. The molecule has 0 spiro atoms. The van der Waals surface area contributed by atoms with Gasteiger partial charge in [-0.05, 0) is 55.2 Å². The molecule has 1 unspecified atom stereocenters. The molecule has 2 aliphatic rings. The molecule has 0 bridgehead atoms. The lowest BCUT2D eigenvalue weighted by Gasteiger charge is -2.37. The smallest absolute Gasteiger partial charge is 0.407 e. The fourth-order valence-electron chi connectivity index (χ4n) is 4.10. The van der Waals surface area contributed by atoms with Crippen molar-refractivity contribution in [3.8, 4) is 0 Å². The van der Waals surface area contributed by atoms with Crippen molar-refractivity contribution in [1.29, 1.82) is 0 Å². The molecular weight excluding hydrogens is 370 g/mol. The lowest BCUT2D eigenvalue weighted by Crippen LogP contribution is -2.49. The third kappa shape index (κ3) is 4.32. The van der Waals surface area contributed by atoms with Crippen molar-refractivity contribution in [3.63, 3.8) is 0 Å². The molecule has 1 aliphatic carbocycles. The Kier molecular flexibility index (Phi) is 5.35. The standard InChI is InChI=1S/C21H25N5O3/c1-14-2-5-17(13-22-14)24-20(27)23-16-6-3-15-4-7-19(18(15)12-16)25-8-10-26(11-9-25)21(28)29/h2-3,5-6,12-13,19H,4,7-11H2,1H3,(H,28,29)(H2,23,24,27). The maximum atomic E-state index is 12.3. The molecule has 152 valence electrons. The molecule has 0 radical (unpaired) electrons. The highest BCUT2D eigenvalue weighted by molar-refractivity contribution is 5.99. The van der Waals surface area contributed by atoms with Gasteiger partial charge in [-0.3, -0.25) is 9.88 Å². The van der Waals surface area contributed by atoms with Crippen LogP contribution in [-0.4, -0.2) is 58.2 Å². The van der Waals surface area contributed by atoms with Gasteiger partial charge in [-0.2, -0.15) is 0 Å². The van der Waals surface area contributed by atoms with E-state index in [-0.39, 0.29) is 12.1 Å². The zero-order chi connectivity index (χ0) is 20.4. The third-order valence-electron chi connectivity index (χ3n) is 5.64. The number of benzene rings is 1. The van der Waals surface area contributed by atoms with E-state index >= 15 is 0 Å². The Morgan fingerprint density at radius 1 is 1.07 bits per heavy atom. The van der Waals surface area contributed by atoms with Gasteiger partial charge < -0.3 is 20.6 Å².